The van der Waals surface area contributed by atoms with Crippen molar-refractivity contribution in [2.75, 3.05) is 18.9 Å². The molecule has 0 aliphatic carbocycles. The van der Waals surface area contributed by atoms with Crippen molar-refractivity contribution >= 4 is 17.5 Å². The lowest BCUT2D eigenvalue weighted by Gasteiger charge is -2.17. The molecular formula is C18H23N3O3. The summed E-state index contributed by atoms with van der Waals surface area (Å²) in [5.41, 5.74) is 4.38. The van der Waals surface area contributed by atoms with Gasteiger partial charge < -0.3 is 14.7 Å². The molecule has 0 radical (unpaired) electrons. The molecule has 0 fully saturated rings. The van der Waals surface area contributed by atoms with Gasteiger partial charge in [-0.3, -0.25) is 9.59 Å². The van der Waals surface area contributed by atoms with Crippen molar-refractivity contribution in [1.29, 1.82) is 0 Å². The molecule has 6 heteroatoms. The molecule has 24 heavy (non-hydrogen) atoms. The quantitative estimate of drug-likeness (QED) is 0.915. The van der Waals surface area contributed by atoms with Crippen molar-refractivity contribution in [2.24, 2.45) is 0 Å². The van der Waals surface area contributed by atoms with Crippen molar-refractivity contribution in [1.82, 2.24) is 10.1 Å². The topological polar surface area (TPSA) is 75.4 Å². The van der Waals surface area contributed by atoms with Gasteiger partial charge in [0.25, 0.3) is 0 Å². The molecule has 1 heterocycles. The van der Waals surface area contributed by atoms with E-state index in [1.807, 2.05) is 32.0 Å². The van der Waals surface area contributed by atoms with Gasteiger partial charge >= 0.3 is 0 Å². The first-order valence-corrected chi connectivity index (χ1v) is 7.81. The third kappa shape index (κ3) is 4.01. The van der Waals surface area contributed by atoms with E-state index in [1.54, 1.807) is 20.9 Å². The number of anilines is 1. The van der Waals surface area contributed by atoms with Gasteiger partial charge in [-0.05, 0) is 44.9 Å². The van der Waals surface area contributed by atoms with E-state index in [0.717, 1.165) is 22.4 Å². The first-order valence-electron chi connectivity index (χ1n) is 7.81. The highest BCUT2D eigenvalue weighted by molar-refractivity contribution is 5.95. The van der Waals surface area contributed by atoms with Crippen molar-refractivity contribution in [2.45, 2.75) is 34.1 Å². The number of nitrogens with zero attached hydrogens (tertiary/aromatic N) is 2. The minimum Gasteiger partial charge on any atom is -0.361 e. The van der Waals surface area contributed by atoms with Crippen LogP contribution in [0.3, 0.4) is 0 Å². The summed E-state index contributed by atoms with van der Waals surface area (Å²) in [5.74, 6) is 0.257. The van der Waals surface area contributed by atoms with Gasteiger partial charge in [0.1, 0.15) is 5.76 Å². The maximum Gasteiger partial charge on any atom is 0.243 e. The van der Waals surface area contributed by atoms with Crippen LogP contribution >= 0.6 is 0 Å². The van der Waals surface area contributed by atoms with E-state index in [1.165, 1.54) is 4.90 Å². The number of likely N-dealkylation sites (N-methyl/N-ethyl adjacent to an activating group) is 1. The third-order valence-corrected chi connectivity index (χ3v) is 4.19. The van der Waals surface area contributed by atoms with Crippen LogP contribution in [-0.4, -0.2) is 35.5 Å². The second kappa shape index (κ2) is 7.29. The predicted molar refractivity (Wildman–Crippen MR) is 91.9 cm³/mol. The molecule has 0 unspecified atom stereocenters. The van der Waals surface area contributed by atoms with Crippen molar-refractivity contribution in [3.8, 4) is 0 Å². The maximum absolute atomic E-state index is 12.3. The van der Waals surface area contributed by atoms with E-state index < -0.39 is 0 Å². The van der Waals surface area contributed by atoms with Crippen LogP contribution in [0.5, 0.6) is 0 Å². The van der Waals surface area contributed by atoms with Gasteiger partial charge in [0.2, 0.25) is 11.8 Å². The largest absolute Gasteiger partial charge is 0.361 e. The first kappa shape index (κ1) is 17.7. The lowest BCUT2D eigenvalue weighted by molar-refractivity contribution is -0.132. The molecule has 2 amide bonds. The summed E-state index contributed by atoms with van der Waals surface area (Å²) < 4.78 is 5.06. The van der Waals surface area contributed by atoms with E-state index in [9.17, 15) is 9.59 Å². The van der Waals surface area contributed by atoms with Crippen LogP contribution in [0.4, 0.5) is 5.69 Å². The van der Waals surface area contributed by atoms with Crippen LogP contribution in [0.2, 0.25) is 0 Å². The summed E-state index contributed by atoms with van der Waals surface area (Å²) in [6.45, 7) is 7.51. The van der Waals surface area contributed by atoms with Crippen LogP contribution in [0, 0.1) is 27.7 Å². The minimum absolute atomic E-state index is 0.00437. The Morgan fingerprint density at radius 2 is 1.92 bits per heavy atom. The molecule has 1 N–H and O–H groups in total. The molecule has 0 saturated carbocycles. The summed E-state index contributed by atoms with van der Waals surface area (Å²) in [7, 11) is 1.61. The van der Waals surface area contributed by atoms with Crippen LogP contribution in [0.25, 0.3) is 0 Å². The molecule has 0 aliphatic rings. The monoisotopic (exact) mass is 329 g/mol. The summed E-state index contributed by atoms with van der Waals surface area (Å²) in [4.78, 5) is 25.9. The fourth-order valence-corrected chi connectivity index (χ4v) is 2.42. The number of nitrogens with one attached hydrogen (secondary N) is 1. The second-order valence-electron chi connectivity index (χ2n) is 6.02. The number of carbonyl (C=O) groups is 2. The van der Waals surface area contributed by atoms with Crippen molar-refractivity contribution in [3.05, 3.63) is 46.3 Å². The Morgan fingerprint density at radius 1 is 1.21 bits per heavy atom. The number of aromatic nitrogens is 1. The summed E-state index contributed by atoms with van der Waals surface area (Å²) >= 11 is 0. The van der Waals surface area contributed by atoms with Crippen LogP contribution < -0.4 is 5.32 Å². The zero-order valence-electron chi connectivity index (χ0n) is 14.8. The summed E-state index contributed by atoms with van der Waals surface area (Å²) in [5, 5.41) is 6.69. The molecule has 0 atom stereocenters. The number of benzene rings is 1. The van der Waals surface area contributed by atoms with Gasteiger partial charge in [0, 0.05) is 18.3 Å². The normalized spacial score (nSPS) is 10.5. The average Bonchev–Trinajstić information content (AvgIpc) is 2.83. The first-order chi connectivity index (χ1) is 11.3. The molecular weight excluding hydrogens is 306 g/mol. The molecule has 0 bridgehead atoms. The Balaban J connectivity index is 1.96. The second-order valence-corrected chi connectivity index (χ2v) is 6.02. The van der Waals surface area contributed by atoms with Crippen LogP contribution in [0.1, 0.15) is 28.1 Å². The maximum atomic E-state index is 12.3. The van der Waals surface area contributed by atoms with Gasteiger partial charge in [0.15, 0.2) is 0 Å². The highest BCUT2D eigenvalue weighted by Crippen LogP contribution is 2.18. The number of rotatable bonds is 5. The van der Waals surface area contributed by atoms with Gasteiger partial charge in [-0.2, -0.15) is 0 Å². The minimum atomic E-state index is -0.224. The Bertz CT molecular complexity index is 745. The zero-order chi connectivity index (χ0) is 17.9. The molecule has 128 valence electrons. The lowest BCUT2D eigenvalue weighted by atomic mass is 10.1. The Morgan fingerprint density at radius 3 is 2.54 bits per heavy atom. The SMILES string of the molecule is Cc1cccc(NC(=O)CN(C)C(=O)Cc2c(C)noc2C)c1C. The predicted octanol–water partition coefficient (Wildman–Crippen LogP) is 2.55. The number of carbonyl (C=O) groups excluding carboxylic acids is 2. The van der Waals surface area contributed by atoms with Gasteiger partial charge in [0.05, 0.1) is 18.7 Å². The Hall–Kier alpha value is -2.63. The van der Waals surface area contributed by atoms with Crippen LogP contribution in [0.15, 0.2) is 22.7 Å². The fourth-order valence-electron chi connectivity index (χ4n) is 2.42. The molecule has 0 saturated heterocycles. The Labute approximate surface area is 141 Å². The highest BCUT2D eigenvalue weighted by atomic mass is 16.5. The smallest absolute Gasteiger partial charge is 0.243 e. The summed E-state index contributed by atoms with van der Waals surface area (Å²) in [6, 6.07) is 5.74. The van der Waals surface area contributed by atoms with E-state index >= 15 is 0 Å². The van der Waals surface area contributed by atoms with Gasteiger partial charge in [-0.25, -0.2) is 0 Å². The number of amides is 2. The van der Waals surface area contributed by atoms with E-state index in [2.05, 4.69) is 10.5 Å². The molecule has 1 aromatic carbocycles. The zero-order valence-corrected chi connectivity index (χ0v) is 14.8. The van der Waals surface area contributed by atoms with Crippen LogP contribution in [-0.2, 0) is 16.0 Å². The van der Waals surface area contributed by atoms with E-state index in [0.29, 0.717) is 11.5 Å². The fraction of sp³-hybridized carbons (Fsp3) is 0.389. The average molecular weight is 329 g/mol. The number of hydrogen-bond donors (Lipinski definition) is 1. The molecule has 2 rings (SSSR count). The molecule has 0 aliphatic heterocycles. The lowest BCUT2D eigenvalue weighted by Crippen LogP contribution is -2.36. The summed E-state index contributed by atoms with van der Waals surface area (Å²) in [6.07, 6.45) is 0.175. The highest BCUT2D eigenvalue weighted by Gasteiger charge is 2.18. The third-order valence-electron chi connectivity index (χ3n) is 4.19. The molecule has 1 aromatic heterocycles. The van der Waals surface area contributed by atoms with Crippen molar-refractivity contribution < 1.29 is 14.1 Å². The van der Waals surface area contributed by atoms with E-state index in [4.69, 9.17) is 4.52 Å². The number of aryl methyl sites for hydroxylation is 3. The van der Waals surface area contributed by atoms with Gasteiger partial charge in [-0.1, -0.05) is 17.3 Å². The van der Waals surface area contributed by atoms with E-state index in [-0.39, 0.29) is 24.8 Å². The molecule has 6 nitrogen and oxygen atoms in total. The Kier molecular flexibility index (Phi) is 5.39. The molecule has 2 aromatic rings. The van der Waals surface area contributed by atoms with Gasteiger partial charge in [-0.15, -0.1) is 0 Å². The standard InChI is InChI=1S/C18H23N3O3/c1-11-7-6-8-16(12(11)2)19-17(22)10-21(5)18(23)9-15-13(3)20-24-14(15)4/h6-8H,9-10H2,1-5H3,(H,19,22). The van der Waals surface area contributed by atoms with Crippen molar-refractivity contribution in [3.63, 3.8) is 0 Å². The molecule has 0 spiro atoms. The number of hydrogen-bond acceptors (Lipinski definition) is 4.